The van der Waals surface area contributed by atoms with Gasteiger partial charge in [-0.25, -0.2) is 0 Å². The molecule has 0 unspecified atom stereocenters. The van der Waals surface area contributed by atoms with E-state index in [2.05, 4.69) is 419 Å². The van der Waals surface area contributed by atoms with Crippen molar-refractivity contribution in [2.45, 2.75) is 0 Å². The lowest BCUT2D eigenvalue weighted by Gasteiger charge is -2.34. The van der Waals surface area contributed by atoms with Crippen LogP contribution in [-0.4, -0.2) is 26.3 Å². The summed E-state index contributed by atoms with van der Waals surface area (Å²) in [7, 11) is -2.64. The molecule has 109 heavy (non-hydrogen) atoms. The zero-order valence-corrected chi connectivity index (χ0v) is 60.6. The van der Waals surface area contributed by atoms with E-state index in [9.17, 15) is 5.26 Å². The van der Waals surface area contributed by atoms with Crippen LogP contribution in [0.1, 0.15) is 5.56 Å². The third-order valence-corrected chi connectivity index (χ3v) is 27.0. The minimum atomic E-state index is -2.64. The summed E-state index contributed by atoms with van der Waals surface area (Å²) in [5.74, 6) is 0. The smallest absolute Gasteiger partial charge is 0.179 e. The second-order valence-corrected chi connectivity index (χ2v) is 32.0. The summed E-state index contributed by atoms with van der Waals surface area (Å²) in [5.41, 5.74) is 24.3. The number of rotatable bonds is 12. The van der Waals surface area contributed by atoms with Crippen molar-refractivity contribution in [1.82, 2.24) is 18.3 Å². The van der Waals surface area contributed by atoms with Gasteiger partial charge in [-0.15, -0.1) is 0 Å². The molecule has 0 saturated heterocycles. The molecule has 0 N–H and O–H groups in total. The Bertz CT molecular complexity index is 6970. The number of aromatic nitrogens is 4. The third kappa shape index (κ3) is 11.0. The average molecular weight is 1400 g/mol. The molecule has 0 spiro atoms. The van der Waals surface area contributed by atoms with Gasteiger partial charge in [-0.05, 0) is 199 Å². The Morgan fingerprint density at radius 2 is 0.422 bits per heavy atom. The SMILES string of the molecule is N#Cc1ccc(-n2c3ccccc3c3cc(-c4ccc5c(c4)c4ccccc4n5-c4cccc(-c5ccccc5)c4)ccc32)cc1.c1ccc(-c2cccc(-n3c4ccccc4c4cc(-c5ccc6c(c5)c5ccccc5n6-c5ccc([Si](c6ccccc6)(c6ccccc6)c6ccccc6)cc5)ccc43)c2)cc1. The van der Waals surface area contributed by atoms with Crippen LogP contribution in [-0.2, 0) is 0 Å². The second-order valence-electron chi connectivity index (χ2n) is 28.2. The van der Waals surface area contributed by atoms with E-state index in [0.29, 0.717) is 5.56 Å². The molecule has 17 aromatic carbocycles. The predicted molar refractivity (Wildman–Crippen MR) is 460 cm³/mol. The molecule has 0 bridgehead atoms. The number of benzene rings is 17. The van der Waals surface area contributed by atoms with Crippen LogP contribution in [0, 0.1) is 11.3 Å². The first-order valence-corrected chi connectivity index (χ1v) is 39.3. The molecule has 0 aliphatic carbocycles. The minimum Gasteiger partial charge on any atom is -0.309 e. The molecule has 0 saturated carbocycles. The van der Waals surface area contributed by atoms with Crippen LogP contribution in [0.4, 0.5) is 0 Å². The molecule has 4 heterocycles. The summed E-state index contributed by atoms with van der Waals surface area (Å²) in [6.07, 6.45) is 0. The highest BCUT2D eigenvalue weighted by molar-refractivity contribution is 7.19. The normalized spacial score (nSPS) is 11.7. The third-order valence-electron chi connectivity index (χ3n) is 22.2. The molecule has 0 aliphatic rings. The molecule has 510 valence electrons. The van der Waals surface area contributed by atoms with Crippen LogP contribution in [0.25, 0.3) is 154 Å². The lowest BCUT2D eigenvalue weighted by atomic mass is 10.0. The van der Waals surface area contributed by atoms with Crippen LogP contribution in [0.2, 0.25) is 0 Å². The Labute approximate surface area is 632 Å². The maximum Gasteiger partial charge on any atom is 0.179 e. The fourth-order valence-corrected chi connectivity index (χ4v) is 22.0. The Morgan fingerprint density at radius 3 is 0.743 bits per heavy atom. The molecule has 21 rings (SSSR count). The van der Waals surface area contributed by atoms with E-state index in [1.165, 1.54) is 141 Å². The van der Waals surface area contributed by atoms with Crippen molar-refractivity contribution >= 4 is 116 Å². The topological polar surface area (TPSA) is 43.5 Å². The van der Waals surface area contributed by atoms with Crippen molar-refractivity contribution in [1.29, 1.82) is 5.26 Å². The fraction of sp³-hybridized carbons (Fsp3) is 0. The van der Waals surface area contributed by atoms with Crippen LogP contribution in [0.15, 0.2) is 419 Å². The van der Waals surface area contributed by atoms with E-state index in [0.717, 1.165) is 33.8 Å². The van der Waals surface area contributed by atoms with E-state index < -0.39 is 8.07 Å². The fourth-order valence-electron chi connectivity index (χ4n) is 17.2. The first-order valence-electron chi connectivity index (χ1n) is 37.3. The van der Waals surface area contributed by atoms with Gasteiger partial charge in [0.1, 0.15) is 0 Å². The number of fused-ring (bicyclic) bond motifs is 12. The number of nitriles is 1. The lowest BCUT2D eigenvalue weighted by Crippen LogP contribution is -2.74. The number of para-hydroxylation sites is 4. The molecule has 4 aromatic heterocycles. The molecule has 21 aromatic rings. The van der Waals surface area contributed by atoms with E-state index in [1.54, 1.807) is 0 Å². The molecule has 5 nitrogen and oxygen atoms in total. The first-order chi connectivity index (χ1) is 54.0. The molecule has 0 radical (unpaired) electrons. The summed E-state index contributed by atoms with van der Waals surface area (Å²) in [6.45, 7) is 0. The van der Waals surface area contributed by atoms with Crippen molar-refractivity contribution in [2.75, 3.05) is 0 Å². The standard InChI is InChI=1S/C60H42N2Si.C43H27N3/c1-5-18-43(19-6-1)44-20-17-21-48(40-44)62-58-31-16-14-29-54(58)56-42-46(33-39-60(56)62)45-32-38-59-55(41-45)53-28-13-15-30-57(53)61(59)47-34-36-52(37-35-47)63(49-22-7-2-8-23-49,50-24-9-3-10-25-50)51-26-11-4-12-27-51;44-28-29-17-21-34(22-18-29)45-40-15-6-4-13-36(40)38-26-32(19-23-42(38)45)33-20-24-43-39(27-33)37-14-5-7-16-41(37)46(43)35-12-8-11-31(25-35)30-9-2-1-3-10-30/h1-42H;1-27H. The summed E-state index contributed by atoms with van der Waals surface area (Å²) < 4.78 is 9.52. The van der Waals surface area contributed by atoms with E-state index in [-0.39, 0.29) is 0 Å². The van der Waals surface area contributed by atoms with Crippen LogP contribution >= 0.6 is 0 Å². The van der Waals surface area contributed by atoms with Gasteiger partial charge in [0.15, 0.2) is 8.07 Å². The average Bonchev–Trinajstić information content (AvgIpc) is 1.72. The first kappa shape index (κ1) is 64.3. The van der Waals surface area contributed by atoms with Gasteiger partial charge >= 0.3 is 0 Å². The predicted octanol–water partition coefficient (Wildman–Crippen LogP) is 23.7. The molecule has 0 atom stereocenters. The van der Waals surface area contributed by atoms with Crippen molar-refractivity contribution in [2.24, 2.45) is 0 Å². The van der Waals surface area contributed by atoms with Crippen molar-refractivity contribution in [3.05, 3.63) is 424 Å². The van der Waals surface area contributed by atoms with E-state index in [1.807, 2.05) is 24.3 Å². The zero-order chi connectivity index (χ0) is 72.4. The maximum atomic E-state index is 9.32. The number of hydrogen-bond acceptors (Lipinski definition) is 1. The van der Waals surface area contributed by atoms with Gasteiger partial charge in [0, 0.05) is 65.8 Å². The van der Waals surface area contributed by atoms with Gasteiger partial charge in [-0.1, -0.05) is 285 Å². The van der Waals surface area contributed by atoms with Gasteiger partial charge in [0.2, 0.25) is 0 Å². The van der Waals surface area contributed by atoms with Gasteiger partial charge < -0.3 is 18.3 Å². The summed E-state index contributed by atoms with van der Waals surface area (Å²) in [6, 6.07) is 154. The van der Waals surface area contributed by atoms with Crippen LogP contribution in [0.5, 0.6) is 0 Å². The summed E-state index contributed by atoms with van der Waals surface area (Å²) >= 11 is 0. The molecule has 0 aliphatic heterocycles. The Hall–Kier alpha value is -14.4. The molecule has 0 amide bonds. The monoisotopic (exact) mass is 1400 g/mol. The largest absolute Gasteiger partial charge is 0.309 e. The Morgan fingerprint density at radius 1 is 0.174 bits per heavy atom. The van der Waals surface area contributed by atoms with Crippen molar-refractivity contribution < 1.29 is 0 Å². The zero-order valence-electron chi connectivity index (χ0n) is 59.6. The minimum absolute atomic E-state index is 0.660. The Balaban J connectivity index is 0.000000150. The van der Waals surface area contributed by atoms with Gasteiger partial charge in [-0.2, -0.15) is 5.26 Å². The lowest BCUT2D eigenvalue weighted by molar-refractivity contribution is 1.18. The molecular formula is C103H69N5Si. The molecular weight excluding hydrogens is 1340 g/mol. The number of nitrogens with zero attached hydrogens (tertiary/aromatic N) is 5. The van der Waals surface area contributed by atoms with E-state index >= 15 is 0 Å². The second kappa shape index (κ2) is 27.0. The summed E-state index contributed by atoms with van der Waals surface area (Å²) in [5, 5.41) is 24.7. The highest BCUT2D eigenvalue weighted by Crippen LogP contribution is 2.42. The quantitative estimate of drug-likeness (QED) is 0.0888. The van der Waals surface area contributed by atoms with Crippen molar-refractivity contribution in [3.63, 3.8) is 0 Å². The highest BCUT2D eigenvalue weighted by Gasteiger charge is 2.41. The Kier molecular flexibility index (Phi) is 15.9. The van der Waals surface area contributed by atoms with Gasteiger partial charge in [-0.3, -0.25) is 0 Å². The van der Waals surface area contributed by atoms with Crippen molar-refractivity contribution in [3.8, 4) is 73.3 Å². The van der Waals surface area contributed by atoms with Crippen LogP contribution in [0.3, 0.4) is 0 Å². The maximum absolute atomic E-state index is 9.32. The highest BCUT2D eigenvalue weighted by atomic mass is 28.3. The summed E-state index contributed by atoms with van der Waals surface area (Å²) in [4.78, 5) is 0. The molecule has 6 heteroatoms. The molecule has 0 fully saturated rings. The van der Waals surface area contributed by atoms with Gasteiger partial charge in [0.25, 0.3) is 0 Å². The van der Waals surface area contributed by atoms with Crippen LogP contribution < -0.4 is 20.7 Å². The van der Waals surface area contributed by atoms with E-state index in [4.69, 9.17) is 0 Å². The number of hydrogen-bond donors (Lipinski definition) is 0. The van der Waals surface area contributed by atoms with Gasteiger partial charge in [0.05, 0.1) is 55.8 Å².